The molecule has 0 rings (SSSR count). The van der Waals surface area contributed by atoms with Gasteiger partial charge in [0.25, 0.3) is 0 Å². The van der Waals surface area contributed by atoms with Crippen LogP contribution in [0.25, 0.3) is 0 Å². The number of esters is 1. The molecule has 3 unspecified atom stereocenters. The van der Waals surface area contributed by atoms with Crippen molar-refractivity contribution in [2.75, 3.05) is 33.0 Å². The van der Waals surface area contributed by atoms with Gasteiger partial charge in [0, 0.05) is 13.0 Å². The molecule has 0 aliphatic carbocycles. The predicted octanol–water partition coefficient (Wildman–Crippen LogP) is 10.1. The number of hydrogen-bond acceptors (Lipinski definition) is 8. The van der Waals surface area contributed by atoms with E-state index in [0.29, 0.717) is 13.0 Å². The molecule has 0 saturated heterocycles. The molecule has 296 valence electrons. The van der Waals surface area contributed by atoms with Crippen molar-refractivity contribution in [1.29, 1.82) is 0 Å². The lowest BCUT2D eigenvalue weighted by molar-refractivity contribution is -0.154. The predicted molar refractivity (Wildman–Crippen MR) is 214 cm³/mol. The summed E-state index contributed by atoms with van der Waals surface area (Å²) in [6, 6.07) is 0. The number of aliphatic hydroxyl groups excluding tert-OH is 2. The van der Waals surface area contributed by atoms with Crippen LogP contribution in [0.3, 0.4) is 0 Å². The number of phosphoric ester groups is 1. The van der Waals surface area contributed by atoms with Gasteiger partial charge in [-0.15, -0.1) is 0 Å². The van der Waals surface area contributed by atoms with Crippen LogP contribution in [-0.4, -0.2) is 66.3 Å². The first-order chi connectivity index (χ1) is 25.3. The summed E-state index contributed by atoms with van der Waals surface area (Å²) in [5.74, 6) is -0.440. The third-order valence-electron chi connectivity index (χ3n) is 7.27. The Labute approximate surface area is 315 Å². The summed E-state index contributed by atoms with van der Waals surface area (Å²) in [6.07, 6.45) is 46.6. The van der Waals surface area contributed by atoms with Crippen molar-refractivity contribution in [2.45, 2.75) is 129 Å². The number of carbonyl (C=O) groups excluding carboxylic acids is 1. The monoisotopic (exact) mass is 748 g/mol. The average molecular weight is 749 g/mol. The summed E-state index contributed by atoms with van der Waals surface area (Å²) in [6.45, 7) is 3.10. The summed E-state index contributed by atoms with van der Waals surface area (Å²) in [5.41, 5.74) is 0. The maximum absolute atomic E-state index is 12.5. The van der Waals surface area contributed by atoms with Gasteiger partial charge < -0.3 is 24.6 Å². The molecule has 0 fully saturated rings. The minimum absolute atomic E-state index is 0.00379. The molecule has 9 nitrogen and oxygen atoms in total. The number of unbranched alkanes of at least 4 members (excludes halogenated alkanes) is 5. The first-order valence-electron chi connectivity index (χ1n) is 19.2. The molecule has 52 heavy (non-hydrogen) atoms. The highest BCUT2D eigenvalue weighted by molar-refractivity contribution is 7.47. The molecular weight excluding hydrogens is 679 g/mol. The molecule has 0 bridgehead atoms. The highest BCUT2D eigenvalue weighted by Crippen LogP contribution is 2.43. The van der Waals surface area contributed by atoms with Crippen LogP contribution >= 0.6 is 7.82 Å². The zero-order chi connectivity index (χ0) is 38.2. The van der Waals surface area contributed by atoms with E-state index in [0.717, 1.165) is 89.9 Å². The number of ether oxygens (including phenoxy) is 2. The minimum Gasteiger partial charge on any atom is -0.457 e. The van der Waals surface area contributed by atoms with Gasteiger partial charge in [-0.2, -0.15) is 0 Å². The van der Waals surface area contributed by atoms with Crippen molar-refractivity contribution in [3.63, 3.8) is 0 Å². The third-order valence-corrected chi connectivity index (χ3v) is 8.22. The largest absolute Gasteiger partial charge is 0.472 e. The van der Waals surface area contributed by atoms with Crippen molar-refractivity contribution >= 4 is 13.8 Å². The highest BCUT2D eigenvalue weighted by Gasteiger charge is 2.26. The van der Waals surface area contributed by atoms with Gasteiger partial charge >= 0.3 is 13.8 Å². The zero-order valence-corrected chi connectivity index (χ0v) is 32.9. The lowest BCUT2D eigenvalue weighted by atomic mass is 10.2. The molecule has 10 heteroatoms. The molecule has 0 heterocycles. The van der Waals surface area contributed by atoms with Gasteiger partial charge in [0.15, 0.2) is 0 Å². The van der Waals surface area contributed by atoms with E-state index in [9.17, 15) is 19.4 Å². The number of carbonyl (C=O) groups is 1. The van der Waals surface area contributed by atoms with E-state index in [1.54, 1.807) is 0 Å². The molecule has 3 atom stereocenters. The zero-order valence-electron chi connectivity index (χ0n) is 32.0. The number of hydrogen-bond donors (Lipinski definition) is 3. The van der Waals surface area contributed by atoms with Crippen LogP contribution in [0.4, 0.5) is 0 Å². The Bertz CT molecular complexity index is 1120. The standard InChI is InChI=1S/C42H69O9P/c1-3-5-7-9-11-13-15-17-19-21-23-25-27-29-31-33-35-48-38-41(39-50-52(46,47)49-37-40(44)36-43)51-42(45)34-32-30-28-26-24-22-20-18-16-14-12-10-8-6-4-2/h5-8,11-14,17-20,23-26,40-41,43-44H,3-4,9-10,15-16,21-22,27-39H2,1-2H3,(H,46,47)/b7-5-,8-6-,13-11-,14-12-,19-17-,20-18-,25-23-,26-24-. The van der Waals surface area contributed by atoms with Crippen molar-refractivity contribution in [2.24, 2.45) is 0 Å². The molecule has 0 saturated carbocycles. The van der Waals surface area contributed by atoms with Gasteiger partial charge in [0.1, 0.15) is 12.2 Å². The van der Waals surface area contributed by atoms with Crippen LogP contribution in [0.15, 0.2) is 97.2 Å². The first-order valence-corrected chi connectivity index (χ1v) is 20.7. The van der Waals surface area contributed by atoms with Crippen molar-refractivity contribution in [3.05, 3.63) is 97.2 Å². The summed E-state index contributed by atoms with van der Waals surface area (Å²) in [4.78, 5) is 22.5. The molecule has 0 aromatic rings. The van der Waals surface area contributed by atoms with Gasteiger partial charge in [-0.1, -0.05) is 117 Å². The summed E-state index contributed by atoms with van der Waals surface area (Å²) in [5, 5.41) is 18.3. The number of allylic oxidation sites excluding steroid dienone is 16. The Kier molecular flexibility index (Phi) is 36.2. The maximum atomic E-state index is 12.5. The van der Waals surface area contributed by atoms with Crippen LogP contribution in [-0.2, 0) is 27.9 Å². The van der Waals surface area contributed by atoms with Crippen LogP contribution in [0, 0.1) is 0 Å². The number of phosphoric acid groups is 1. The fourth-order valence-electron chi connectivity index (χ4n) is 4.39. The van der Waals surface area contributed by atoms with E-state index in [2.05, 4.69) is 111 Å². The quantitative estimate of drug-likeness (QED) is 0.0251. The van der Waals surface area contributed by atoms with Gasteiger partial charge in [-0.05, 0) is 89.9 Å². The fourth-order valence-corrected chi connectivity index (χ4v) is 5.18. The van der Waals surface area contributed by atoms with E-state index in [1.165, 1.54) is 0 Å². The summed E-state index contributed by atoms with van der Waals surface area (Å²) in [7, 11) is -4.54. The van der Waals surface area contributed by atoms with Gasteiger partial charge in [0.05, 0.1) is 26.4 Å². The lowest BCUT2D eigenvalue weighted by Gasteiger charge is -2.20. The molecule has 3 N–H and O–H groups in total. The van der Waals surface area contributed by atoms with Crippen LogP contribution in [0.1, 0.15) is 117 Å². The van der Waals surface area contributed by atoms with Crippen LogP contribution < -0.4 is 0 Å². The SMILES string of the molecule is CC/C=C\C/C=C\C/C=C\C/C=C\CCCCCOCC(COP(=O)(O)OCC(O)CO)OC(=O)CCCC/C=C\C/C=C\C/C=C\C/C=C\CC. The molecule has 0 aliphatic heterocycles. The molecule has 0 radical (unpaired) electrons. The van der Waals surface area contributed by atoms with E-state index >= 15 is 0 Å². The van der Waals surface area contributed by atoms with Gasteiger partial charge in [0.2, 0.25) is 0 Å². The second-order valence-corrected chi connectivity index (χ2v) is 13.6. The fraction of sp³-hybridized carbons (Fsp3) is 0.595. The second kappa shape index (κ2) is 38.1. The van der Waals surface area contributed by atoms with Crippen molar-refractivity contribution < 1.29 is 43.0 Å². The molecule has 0 aromatic carbocycles. The Hall–Kier alpha value is -2.62. The Morgan fingerprint density at radius 3 is 1.52 bits per heavy atom. The first kappa shape index (κ1) is 49.4. The Balaban J connectivity index is 4.40. The lowest BCUT2D eigenvalue weighted by Crippen LogP contribution is -2.29. The number of aliphatic hydroxyl groups is 2. The number of rotatable bonds is 35. The topological polar surface area (TPSA) is 132 Å². The van der Waals surface area contributed by atoms with Crippen molar-refractivity contribution in [3.8, 4) is 0 Å². The highest BCUT2D eigenvalue weighted by atomic mass is 31.2. The minimum atomic E-state index is -4.54. The summed E-state index contributed by atoms with van der Waals surface area (Å²) < 4.78 is 33.2. The van der Waals surface area contributed by atoms with E-state index in [4.69, 9.17) is 23.6 Å². The molecule has 0 aromatic heterocycles. The second-order valence-electron chi connectivity index (χ2n) is 12.2. The molecular formula is C42H69O9P. The van der Waals surface area contributed by atoms with E-state index < -0.39 is 45.8 Å². The molecule has 0 spiro atoms. The van der Waals surface area contributed by atoms with E-state index in [1.807, 2.05) is 0 Å². The smallest absolute Gasteiger partial charge is 0.457 e. The molecule has 0 aliphatic rings. The maximum Gasteiger partial charge on any atom is 0.472 e. The Morgan fingerprint density at radius 1 is 0.596 bits per heavy atom. The van der Waals surface area contributed by atoms with Crippen LogP contribution in [0.2, 0.25) is 0 Å². The Morgan fingerprint density at radius 2 is 1.04 bits per heavy atom. The van der Waals surface area contributed by atoms with Gasteiger partial charge in [-0.25, -0.2) is 4.57 Å². The summed E-state index contributed by atoms with van der Waals surface area (Å²) >= 11 is 0. The van der Waals surface area contributed by atoms with Gasteiger partial charge in [-0.3, -0.25) is 13.8 Å². The normalized spacial score (nSPS) is 15.2. The third kappa shape index (κ3) is 37.1. The van der Waals surface area contributed by atoms with Crippen LogP contribution in [0.5, 0.6) is 0 Å². The van der Waals surface area contributed by atoms with E-state index in [-0.39, 0.29) is 13.0 Å². The molecule has 0 amide bonds. The average Bonchev–Trinajstić information content (AvgIpc) is 3.13. The van der Waals surface area contributed by atoms with Crippen molar-refractivity contribution in [1.82, 2.24) is 0 Å².